The molecule has 0 fully saturated rings. The highest BCUT2D eigenvalue weighted by Crippen LogP contribution is 2.16. The minimum Gasteiger partial charge on any atom is -0.304 e. The van der Waals surface area contributed by atoms with Crippen LogP contribution >= 0.6 is 0 Å². The molecule has 1 N–H and O–H groups in total. The maximum atomic E-state index is 13.5. The van der Waals surface area contributed by atoms with Crippen molar-refractivity contribution in [3.8, 4) is 0 Å². The zero-order valence-electron chi connectivity index (χ0n) is 9.89. The number of benzene rings is 1. The third-order valence-electron chi connectivity index (χ3n) is 2.77. The minimum absolute atomic E-state index is 0.0499. The van der Waals surface area contributed by atoms with Gasteiger partial charge in [-0.2, -0.15) is 0 Å². The summed E-state index contributed by atoms with van der Waals surface area (Å²) in [6.45, 7) is 2.54. The van der Waals surface area contributed by atoms with Crippen LogP contribution in [0, 0.1) is 5.82 Å². The fraction of sp³-hybridized carbons (Fsp3) is 0.333. The van der Waals surface area contributed by atoms with Crippen LogP contribution in [-0.2, 0) is 13.6 Å². The topological polar surface area (TPSA) is 42.7 Å². The molecular formula is C12H15FN4. The van der Waals surface area contributed by atoms with Crippen LogP contribution in [0.4, 0.5) is 4.39 Å². The molecule has 0 unspecified atom stereocenters. The first kappa shape index (κ1) is 11.7. The molecule has 90 valence electrons. The van der Waals surface area contributed by atoms with E-state index in [0.29, 0.717) is 12.1 Å². The van der Waals surface area contributed by atoms with Crippen LogP contribution in [0.5, 0.6) is 0 Å². The lowest BCUT2D eigenvalue weighted by Gasteiger charge is -2.14. The second kappa shape index (κ2) is 5.05. The largest absolute Gasteiger partial charge is 0.304 e. The van der Waals surface area contributed by atoms with Gasteiger partial charge in [0.25, 0.3) is 0 Å². The molecule has 0 bridgehead atoms. The summed E-state index contributed by atoms with van der Waals surface area (Å²) >= 11 is 0. The van der Waals surface area contributed by atoms with Gasteiger partial charge in [0.05, 0.1) is 11.9 Å². The fourth-order valence-corrected chi connectivity index (χ4v) is 1.66. The van der Waals surface area contributed by atoms with E-state index in [1.54, 1.807) is 23.0 Å². The van der Waals surface area contributed by atoms with Gasteiger partial charge in [0.2, 0.25) is 0 Å². The Kier molecular flexibility index (Phi) is 3.49. The van der Waals surface area contributed by atoms with Crippen LogP contribution in [0.1, 0.15) is 24.2 Å². The Morgan fingerprint density at radius 3 is 2.82 bits per heavy atom. The Hall–Kier alpha value is -1.75. The molecule has 0 aliphatic carbocycles. The maximum absolute atomic E-state index is 13.5. The zero-order valence-corrected chi connectivity index (χ0v) is 9.89. The summed E-state index contributed by atoms with van der Waals surface area (Å²) in [5, 5.41) is 10.9. The molecule has 0 aliphatic rings. The van der Waals surface area contributed by atoms with Gasteiger partial charge in [-0.25, -0.2) is 4.39 Å². The SMILES string of the molecule is C[C@@H](NCc1cnnn1C)c1ccccc1F. The van der Waals surface area contributed by atoms with Crippen molar-refractivity contribution in [1.29, 1.82) is 0 Å². The molecule has 2 aromatic rings. The number of nitrogens with zero attached hydrogens (tertiary/aromatic N) is 3. The van der Waals surface area contributed by atoms with Crippen LogP contribution in [0.2, 0.25) is 0 Å². The predicted molar refractivity (Wildman–Crippen MR) is 62.7 cm³/mol. The first-order chi connectivity index (χ1) is 8.18. The number of hydrogen-bond donors (Lipinski definition) is 1. The molecular weight excluding hydrogens is 219 g/mol. The van der Waals surface area contributed by atoms with E-state index >= 15 is 0 Å². The molecule has 0 saturated heterocycles. The lowest BCUT2D eigenvalue weighted by atomic mass is 10.1. The normalized spacial score (nSPS) is 12.6. The van der Waals surface area contributed by atoms with Crippen LogP contribution in [0.3, 0.4) is 0 Å². The third kappa shape index (κ3) is 2.68. The first-order valence-electron chi connectivity index (χ1n) is 5.50. The summed E-state index contributed by atoms with van der Waals surface area (Å²) in [6, 6.07) is 6.73. The smallest absolute Gasteiger partial charge is 0.127 e. The summed E-state index contributed by atoms with van der Waals surface area (Å²) in [5.74, 6) is -0.185. The number of aryl methyl sites for hydroxylation is 1. The summed E-state index contributed by atoms with van der Waals surface area (Å²) in [7, 11) is 1.83. The van der Waals surface area contributed by atoms with Gasteiger partial charge in [0, 0.05) is 25.2 Å². The first-order valence-corrected chi connectivity index (χ1v) is 5.50. The number of halogens is 1. The molecule has 1 atom stereocenters. The molecule has 0 saturated carbocycles. The Balaban J connectivity index is 2.01. The lowest BCUT2D eigenvalue weighted by Crippen LogP contribution is -2.20. The van der Waals surface area contributed by atoms with E-state index in [0.717, 1.165) is 5.69 Å². The van der Waals surface area contributed by atoms with Crippen molar-refractivity contribution in [3.63, 3.8) is 0 Å². The van der Waals surface area contributed by atoms with Gasteiger partial charge in [0.1, 0.15) is 5.82 Å². The van der Waals surface area contributed by atoms with E-state index in [2.05, 4.69) is 15.6 Å². The van der Waals surface area contributed by atoms with Gasteiger partial charge < -0.3 is 5.32 Å². The fourth-order valence-electron chi connectivity index (χ4n) is 1.66. The van der Waals surface area contributed by atoms with Gasteiger partial charge in [-0.05, 0) is 13.0 Å². The molecule has 1 aromatic carbocycles. The predicted octanol–water partition coefficient (Wildman–Crippen LogP) is 1.80. The zero-order chi connectivity index (χ0) is 12.3. The monoisotopic (exact) mass is 234 g/mol. The average molecular weight is 234 g/mol. The van der Waals surface area contributed by atoms with Crippen molar-refractivity contribution in [2.24, 2.45) is 7.05 Å². The van der Waals surface area contributed by atoms with E-state index in [9.17, 15) is 4.39 Å². The lowest BCUT2D eigenvalue weighted by molar-refractivity contribution is 0.514. The van der Waals surface area contributed by atoms with E-state index in [1.807, 2.05) is 20.0 Å². The molecule has 5 heteroatoms. The summed E-state index contributed by atoms with van der Waals surface area (Å²) in [5.41, 5.74) is 1.64. The van der Waals surface area contributed by atoms with Gasteiger partial charge >= 0.3 is 0 Å². The van der Waals surface area contributed by atoms with Crippen molar-refractivity contribution in [1.82, 2.24) is 20.3 Å². The highest BCUT2D eigenvalue weighted by Gasteiger charge is 2.10. The Labute approximate surface area is 99.5 Å². The molecule has 17 heavy (non-hydrogen) atoms. The maximum Gasteiger partial charge on any atom is 0.127 e. The Morgan fingerprint density at radius 1 is 1.41 bits per heavy atom. The molecule has 1 heterocycles. The van der Waals surface area contributed by atoms with Crippen LogP contribution in [0.15, 0.2) is 30.5 Å². The van der Waals surface area contributed by atoms with Gasteiger partial charge in [-0.15, -0.1) is 5.10 Å². The molecule has 0 aliphatic heterocycles. The average Bonchev–Trinajstić information content (AvgIpc) is 2.72. The highest BCUT2D eigenvalue weighted by molar-refractivity contribution is 5.20. The standard InChI is InChI=1S/C12H15FN4/c1-9(11-5-3-4-6-12(11)13)14-7-10-8-15-16-17(10)2/h3-6,8-9,14H,7H2,1-2H3/t9-/m1/s1. The number of hydrogen-bond acceptors (Lipinski definition) is 3. The van der Waals surface area contributed by atoms with E-state index in [-0.39, 0.29) is 11.9 Å². The summed E-state index contributed by atoms with van der Waals surface area (Å²) < 4.78 is 15.2. The Bertz CT molecular complexity index is 495. The van der Waals surface area contributed by atoms with Crippen LogP contribution in [0.25, 0.3) is 0 Å². The van der Waals surface area contributed by atoms with E-state index < -0.39 is 0 Å². The van der Waals surface area contributed by atoms with Crippen molar-refractivity contribution in [3.05, 3.63) is 47.5 Å². The quantitative estimate of drug-likeness (QED) is 0.877. The third-order valence-corrected chi connectivity index (χ3v) is 2.77. The Morgan fingerprint density at radius 2 is 2.18 bits per heavy atom. The van der Waals surface area contributed by atoms with Crippen LogP contribution < -0.4 is 5.32 Å². The molecule has 0 amide bonds. The van der Waals surface area contributed by atoms with Crippen LogP contribution in [-0.4, -0.2) is 15.0 Å². The van der Waals surface area contributed by atoms with E-state index in [4.69, 9.17) is 0 Å². The number of nitrogens with one attached hydrogen (secondary N) is 1. The molecule has 0 radical (unpaired) electrons. The minimum atomic E-state index is -0.185. The molecule has 1 aromatic heterocycles. The van der Waals surface area contributed by atoms with Gasteiger partial charge in [0.15, 0.2) is 0 Å². The van der Waals surface area contributed by atoms with Gasteiger partial charge in [-0.1, -0.05) is 23.4 Å². The van der Waals surface area contributed by atoms with E-state index in [1.165, 1.54) is 6.07 Å². The van der Waals surface area contributed by atoms with Crippen molar-refractivity contribution in [2.75, 3.05) is 0 Å². The number of rotatable bonds is 4. The molecule has 4 nitrogen and oxygen atoms in total. The summed E-state index contributed by atoms with van der Waals surface area (Å²) in [6.07, 6.45) is 1.70. The molecule has 0 spiro atoms. The second-order valence-corrected chi connectivity index (χ2v) is 3.97. The van der Waals surface area contributed by atoms with Gasteiger partial charge in [-0.3, -0.25) is 4.68 Å². The highest BCUT2D eigenvalue weighted by atomic mass is 19.1. The van der Waals surface area contributed by atoms with Crippen molar-refractivity contribution < 1.29 is 4.39 Å². The number of aromatic nitrogens is 3. The molecule has 2 rings (SSSR count). The van der Waals surface area contributed by atoms with Crippen molar-refractivity contribution in [2.45, 2.75) is 19.5 Å². The summed E-state index contributed by atoms with van der Waals surface area (Å²) in [4.78, 5) is 0. The second-order valence-electron chi connectivity index (χ2n) is 3.97. The van der Waals surface area contributed by atoms with Crippen molar-refractivity contribution >= 4 is 0 Å².